The van der Waals surface area contributed by atoms with Crippen molar-refractivity contribution in [3.8, 4) is 23.1 Å². The topological polar surface area (TPSA) is 87.4 Å². The molecule has 3 fully saturated rings. The SMILES string of the molecule is Fc1c(-c2cc(Cl)cc3c2cnn3C2CCCCO2)ncc2c(OCC(F)(F)F)nc(OC[C@@]34CCCN3C[C@H](F)C4)nc12. The molecule has 6 heterocycles. The number of benzene rings is 1. The first kappa shape index (κ1) is 29.4. The summed E-state index contributed by atoms with van der Waals surface area (Å²) >= 11 is 6.47. The normalized spacial score (nSPS) is 24.3. The van der Waals surface area contributed by atoms with Crippen molar-refractivity contribution in [3.63, 3.8) is 0 Å². The van der Waals surface area contributed by atoms with Crippen LogP contribution in [0.4, 0.5) is 22.0 Å². The number of hydrogen-bond acceptors (Lipinski definition) is 8. The van der Waals surface area contributed by atoms with E-state index < -0.39 is 36.2 Å². The minimum Gasteiger partial charge on any atom is -0.467 e. The molecule has 0 N–H and O–H groups in total. The molecule has 3 aromatic heterocycles. The lowest BCUT2D eigenvalue weighted by Crippen LogP contribution is -2.43. The van der Waals surface area contributed by atoms with Gasteiger partial charge in [-0.3, -0.25) is 9.88 Å². The van der Waals surface area contributed by atoms with Gasteiger partial charge in [0.15, 0.2) is 18.7 Å². The maximum Gasteiger partial charge on any atom is 0.422 e. The molecule has 7 rings (SSSR count). The molecule has 3 aliphatic rings. The molecular weight excluding hydrogens is 611 g/mol. The first-order valence-corrected chi connectivity index (χ1v) is 14.8. The second kappa shape index (κ2) is 11.2. The largest absolute Gasteiger partial charge is 0.467 e. The van der Waals surface area contributed by atoms with Crippen LogP contribution < -0.4 is 9.47 Å². The van der Waals surface area contributed by atoms with Gasteiger partial charge in [0.1, 0.15) is 24.0 Å². The first-order valence-electron chi connectivity index (χ1n) is 14.5. The van der Waals surface area contributed by atoms with Gasteiger partial charge in [-0.05, 0) is 50.8 Å². The molecule has 1 aromatic carbocycles. The van der Waals surface area contributed by atoms with Gasteiger partial charge >= 0.3 is 12.2 Å². The lowest BCUT2D eigenvalue weighted by molar-refractivity contribution is -0.153. The van der Waals surface area contributed by atoms with Crippen LogP contribution >= 0.6 is 11.6 Å². The second-order valence-electron chi connectivity index (χ2n) is 11.6. The fourth-order valence-electron chi connectivity index (χ4n) is 6.62. The van der Waals surface area contributed by atoms with E-state index in [4.69, 9.17) is 25.8 Å². The molecule has 0 aliphatic carbocycles. The zero-order valence-electron chi connectivity index (χ0n) is 23.4. The van der Waals surface area contributed by atoms with Crippen molar-refractivity contribution in [1.82, 2.24) is 29.6 Å². The molecule has 0 saturated carbocycles. The van der Waals surface area contributed by atoms with Gasteiger partial charge < -0.3 is 14.2 Å². The third kappa shape index (κ3) is 5.40. The predicted octanol–water partition coefficient (Wildman–Crippen LogP) is 6.43. The zero-order chi connectivity index (χ0) is 30.6. The fraction of sp³-hybridized carbons (Fsp3) is 0.517. The fourth-order valence-corrected chi connectivity index (χ4v) is 6.84. The van der Waals surface area contributed by atoms with E-state index in [-0.39, 0.29) is 48.4 Å². The van der Waals surface area contributed by atoms with Gasteiger partial charge in [-0.2, -0.15) is 28.2 Å². The Kier molecular flexibility index (Phi) is 7.48. The molecule has 9 nitrogen and oxygen atoms in total. The van der Waals surface area contributed by atoms with Gasteiger partial charge in [0.2, 0.25) is 5.88 Å². The number of pyridine rings is 1. The van der Waals surface area contributed by atoms with E-state index in [2.05, 4.69) is 20.1 Å². The third-order valence-corrected chi connectivity index (χ3v) is 8.81. The Bertz CT molecular complexity index is 1710. The van der Waals surface area contributed by atoms with E-state index in [1.54, 1.807) is 16.9 Å². The van der Waals surface area contributed by atoms with Gasteiger partial charge in [-0.1, -0.05) is 11.6 Å². The Morgan fingerprint density at radius 2 is 1.95 bits per heavy atom. The molecule has 3 atom stereocenters. The van der Waals surface area contributed by atoms with E-state index in [9.17, 15) is 17.6 Å². The highest BCUT2D eigenvalue weighted by Crippen LogP contribution is 2.41. The summed E-state index contributed by atoms with van der Waals surface area (Å²) in [6, 6.07) is 2.86. The summed E-state index contributed by atoms with van der Waals surface area (Å²) in [5.41, 5.74) is -0.139. The molecule has 234 valence electrons. The molecule has 0 spiro atoms. The van der Waals surface area contributed by atoms with Crippen LogP contribution in [0.25, 0.3) is 33.1 Å². The van der Waals surface area contributed by atoms with Gasteiger partial charge in [-0.15, -0.1) is 0 Å². The van der Waals surface area contributed by atoms with E-state index >= 15 is 4.39 Å². The van der Waals surface area contributed by atoms with Gasteiger partial charge in [0, 0.05) is 41.7 Å². The van der Waals surface area contributed by atoms with Crippen molar-refractivity contribution >= 4 is 33.4 Å². The molecule has 15 heteroatoms. The average Bonchev–Trinajstić information content (AvgIpc) is 3.67. The van der Waals surface area contributed by atoms with Crippen molar-refractivity contribution in [3.05, 3.63) is 35.4 Å². The van der Waals surface area contributed by atoms with Crippen molar-refractivity contribution in [2.45, 2.75) is 62.6 Å². The summed E-state index contributed by atoms with van der Waals surface area (Å²) in [7, 11) is 0. The Hall–Kier alpha value is -3.36. The Labute approximate surface area is 253 Å². The molecule has 44 heavy (non-hydrogen) atoms. The van der Waals surface area contributed by atoms with Crippen molar-refractivity contribution in [2.24, 2.45) is 0 Å². The van der Waals surface area contributed by atoms with E-state index in [1.165, 1.54) is 6.07 Å². The van der Waals surface area contributed by atoms with Crippen molar-refractivity contribution < 1.29 is 36.2 Å². The zero-order valence-corrected chi connectivity index (χ0v) is 24.2. The predicted molar refractivity (Wildman–Crippen MR) is 150 cm³/mol. The minimum atomic E-state index is -4.68. The molecule has 0 radical (unpaired) electrons. The molecule has 3 saturated heterocycles. The number of hydrogen-bond donors (Lipinski definition) is 0. The Morgan fingerprint density at radius 3 is 2.75 bits per heavy atom. The number of ether oxygens (including phenoxy) is 3. The van der Waals surface area contributed by atoms with E-state index in [1.807, 2.05) is 4.90 Å². The number of aromatic nitrogens is 5. The summed E-state index contributed by atoms with van der Waals surface area (Å²) in [5, 5.41) is 5.17. The van der Waals surface area contributed by atoms with E-state index in [0.29, 0.717) is 41.1 Å². The van der Waals surface area contributed by atoms with E-state index in [0.717, 1.165) is 31.9 Å². The summed E-state index contributed by atoms with van der Waals surface area (Å²) < 4.78 is 88.4. The number of fused-ring (bicyclic) bond motifs is 3. The average molecular weight is 639 g/mol. The lowest BCUT2D eigenvalue weighted by Gasteiger charge is -2.30. The molecular formula is C29H28ClF5N6O3. The molecule has 1 unspecified atom stereocenters. The maximum atomic E-state index is 16.4. The van der Waals surface area contributed by atoms with Gasteiger partial charge in [-0.25, -0.2) is 13.5 Å². The molecule has 3 aliphatic heterocycles. The van der Waals surface area contributed by atoms with Crippen LogP contribution in [0.15, 0.2) is 24.5 Å². The third-order valence-electron chi connectivity index (χ3n) is 8.60. The first-order chi connectivity index (χ1) is 21.1. The van der Waals surface area contributed by atoms with Crippen molar-refractivity contribution in [1.29, 1.82) is 0 Å². The molecule has 0 amide bonds. The summed E-state index contributed by atoms with van der Waals surface area (Å²) in [4.78, 5) is 14.5. The smallest absolute Gasteiger partial charge is 0.422 e. The summed E-state index contributed by atoms with van der Waals surface area (Å²) in [6.45, 7) is -0.0850. The Morgan fingerprint density at radius 1 is 1.09 bits per heavy atom. The second-order valence-corrected chi connectivity index (χ2v) is 12.0. The van der Waals surface area contributed by atoms with Crippen LogP contribution in [0.3, 0.4) is 0 Å². The van der Waals surface area contributed by atoms with Crippen molar-refractivity contribution in [2.75, 3.05) is 32.9 Å². The highest BCUT2D eigenvalue weighted by atomic mass is 35.5. The molecule has 4 aromatic rings. The number of rotatable bonds is 7. The van der Waals surface area contributed by atoms with Crippen LogP contribution in [0.2, 0.25) is 5.02 Å². The minimum absolute atomic E-state index is 0.00542. The van der Waals surface area contributed by atoms with Crippen LogP contribution in [0.1, 0.15) is 44.8 Å². The van der Waals surface area contributed by atoms with Gasteiger partial charge in [0.05, 0.1) is 22.6 Å². The Balaban J connectivity index is 1.30. The van der Waals surface area contributed by atoms with Crippen LogP contribution in [-0.2, 0) is 4.74 Å². The maximum absolute atomic E-state index is 16.4. The molecule has 0 bridgehead atoms. The number of halogens is 6. The summed E-state index contributed by atoms with van der Waals surface area (Å²) in [6.07, 6.45) is 1.21. The lowest BCUT2D eigenvalue weighted by atomic mass is 9.95. The van der Waals surface area contributed by atoms with Crippen LogP contribution in [0.5, 0.6) is 11.9 Å². The standard InChI is InChI=1S/C29H28ClF5N6O3/c30-16-8-18(19-12-37-41(21(19)9-16)22-4-1-2-7-42-22)24-23(32)25-20(11-36-24)26(43-15-29(33,34)35)39-27(38-25)44-14-28-5-3-6-40(28)13-17(31)10-28/h8-9,11-12,17,22H,1-7,10,13-15H2/t17-,22?,28+/m1/s1. The summed E-state index contributed by atoms with van der Waals surface area (Å²) in [5.74, 6) is -1.46. The highest BCUT2D eigenvalue weighted by Gasteiger charge is 2.49. The number of nitrogens with zero attached hydrogens (tertiary/aromatic N) is 6. The van der Waals surface area contributed by atoms with Gasteiger partial charge in [0.25, 0.3) is 0 Å². The monoisotopic (exact) mass is 638 g/mol. The van der Waals surface area contributed by atoms with Crippen LogP contribution in [-0.4, -0.2) is 80.4 Å². The number of alkyl halides is 4. The van der Waals surface area contributed by atoms with Crippen LogP contribution in [0, 0.1) is 5.82 Å². The quantitative estimate of drug-likeness (QED) is 0.214. The highest BCUT2D eigenvalue weighted by molar-refractivity contribution is 6.31.